The van der Waals surface area contributed by atoms with Gasteiger partial charge >= 0.3 is 6.09 Å². The smallest absolute Gasteiger partial charge is 0.410 e. The summed E-state index contributed by atoms with van der Waals surface area (Å²) in [4.78, 5) is 14.2. The molecule has 0 spiro atoms. The van der Waals surface area contributed by atoms with E-state index in [0.29, 0.717) is 17.9 Å². The summed E-state index contributed by atoms with van der Waals surface area (Å²) in [5.74, 6) is 0.818. The van der Waals surface area contributed by atoms with Crippen LogP contribution in [0.25, 0.3) is 0 Å². The molecule has 0 radical (unpaired) electrons. The molecule has 0 aromatic heterocycles. The van der Waals surface area contributed by atoms with E-state index in [4.69, 9.17) is 4.74 Å². The summed E-state index contributed by atoms with van der Waals surface area (Å²) >= 11 is 0. The van der Waals surface area contributed by atoms with Gasteiger partial charge in [-0.05, 0) is 44.8 Å². The highest BCUT2D eigenvalue weighted by molar-refractivity contribution is 5.68. The van der Waals surface area contributed by atoms with Crippen LogP contribution in [0.3, 0.4) is 0 Å². The number of rotatable bonds is 0. The van der Waals surface area contributed by atoms with E-state index in [1.54, 1.807) is 0 Å². The number of allylic oxidation sites excluding steroid dienone is 4. The van der Waals surface area contributed by atoms with Crippen molar-refractivity contribution < 1.29 is 9.53 Å². The SMILES string of the molecule is CC1C=CC2=C(C=C1)[C@H]1CN(C(=O)OC(C)(C)C)CC[C@H]1N2. The average Bonchev–Trinajstić information content (AvgIpc) is 2.67. The summed E-state index contributed by atoms with van der Waals surface area (Å²) in [5.41, 5.74) is 2.12. The lowest BCUT2D eigenvalue weighted by molar-refractivity contribution is 0.0168. The molecule has 4 nitrogen and oxygen atoms in total. The van der Waals surface area contributed by atoms with Crippen LogP contribution in [0.1, 0.15) is 34.1 Å². The van der Waals surface area contributed by atoms with Gasteiger partial charge in [-0.25, -0.2) is 4.79 Å². The third kappa shape index (κ3) is 3.06. The lowest BCUT2D eigenvalue weighted by atomic mass is 9.88. The van der Waals surface area contributed by atoms with Crippen LogP contribution in [0.15, 0.2) is 35.6 Å². The van der Waals surface area contributed by atoms with Crippen LogP contribution in [0.4, 0.5) is 4.79 Å². The largest absolute Gasteiger partial charge is 0.444 e. The van der Waals surface area contributed by atoms with Crippen molar-refractivity contribution in [3.8, 4) is 0 Å². The lowest BCUT2D eigenvalue weighted by Gasteiger charge is -2.36. The highest BCUT2D eigenvalue weighted by Gasteiger charge is 2.39. The zero-order valence-corrected chi connectivity index (χ0v) is 13.9. The molecule has 1 amide bonds. The normalized spacial score (nSPS) is 30.5. The first-order valence-electron chi connectivity index (χ1n) is 8.18. The van der Waals surface area contributed by atoms with Gasteiger partial charge < -0.3 is 15.0 Å². The molecule has 0 saturated carbocycles. The Hall–Kier alpha value is -1.71. The maximum atomic E-state index is 12.3. The Morgan fingerprint density at radius 3 is 2.77 bits per heavy atom. The van der Waals surface area contributed by atoms with E-state index >= 15 is 0 Å². The zero-order valence-electron chi connectivity index (χ0n) is 13.9. The third-order valence-corrected chi connectivity index (χ3v) is 4.46. The van der Waals surface area contributed by atoms with Crippen LogP contribution in [0.5, 0.6) is 0 Å². The van der Waals surface area contributed by atoms with E-state index in [2.05, 4.69) is 36.5 Å². The fraction of sp³-hybridized carbons (Fsp3) is 0.611. The van der Waals surface area contributed by atoms with E-state index in [9.17, 15) is 4.79 Å². The Balaban J connectivity index is 1.74. The molecule has 2 aliphatic heterocycles. The van der Waals surface area contributed by atoms with Gasteiger partial charge in [0.05, 0.1) is 0 Å². The number of amides is 1. The fourth-order valence-electron chi connectivity index (χ4n) is 3.34. The van der Waals surface area contributed by atoms with Gasteiger partial charge in [0.15, 0.2) is 0 Å². The second kappa shape index (κ2) is 5.49. The summed E-state index contributed by atoms with van der Waals surface area (Å²) in [6.07, 6.45) is 9.64. The number of ether oxygens (including phenoxy) is 1. The zero-order chi connectivity index (χ0) is 15.9. The van der Waals surface area contributed by atoms with Gasteiger partial charge in [-0.3, -0.25) is 0 Å². The minimum Gasteiger partial charge on any atom is -0.444 e. The van der Waals surface area contributed by atoms with Crippen molar-refractivity contribution >= 4 is 6.09 Å². The highest BCUT2D eigenvalue weighted by atomic mass is 16.6. The molecular formula is C18H26N2O2. The molecule has 4 heteroatoms. The van der Waals surface area contributed by atoms with Gasteiger partial charge in [0.1, 0.15) is 5.60 Å². The summed E-state index contributed by atoms with van der Waals surface area (Å²) in [5, 5.41) is 3.63. The predicted octanol–water partition coefficient (Wildman–Crippen LogP) is 3.23. The number of carbonyl (C=O) groups is 1. The molecule has 3 rings (SSSR count). The topological polar surface area (TPSA) is 41.6 Å². The van der Waals surface area contributed by atoms with Crippen LogP contribution >= 0.6 is 0 Å². The molecule has 0 aromatic carbocycles. The molecule has 1 aliphatic carbocycles. The molecule has 1 N–H and O–H groups in total. The average molecular weight is 302 g/mol. The first-order valence-corrected chi connectivity index (χ1v) is 8.18. The first kappa shape index (κ1) is 15.2. The molecule has 2 heterocycles. The number of nitrogens with one attached hydrogen (secondary N) is 1. The van der Waals surface area contributed by atoms with Crippen molar-refractivity contribution in [3.63, 3.8) is 0 Å². The number of hydrogen-bond acceptors (Lipinski definition) is 3. The van der Waals surface area contributed by atoms with Gasteiger partial charge in [-0.2, -0.15) is 0 Å². The molecule has 1 saturated heterocycles. The standard InChI is InChI=1S/C18H26N2O2/c1-12-5-7-13-14-11-20(17(21)22-18(2,3)4)10-9-16(14)19-15(13)8-6-12/h5-8,12,14,16,19H,9-11H2,1-4H3/t12?,14-,16-/m1/s1. The fourth-order valence-corrected chi connectivity index (χ4v) is 3.34. The third-order valence-electron chi connectivity index (χ3n) is 4.46. The number of hydrogen-bond donors (Lipinski definition) is 1. The van der Waals surface area contributed by atoms with Gasteiger partial charge in [-0.15, -0.1) is 0 Å². The summed E-state index contributed by atoms with van der Waals surface area (Å²) in [6.45, 7) is 9.41. The van der Waals surface area contributed by atoms with Crippen LogP contribution in [0.2, 0.25) is 0 Å². The van der Waals surface area contributed by atoms with Crippen molar-refractivity contribution in [1.82, 2.24) is 10.2 Å². The van der Waals surface area contributed by atoms with E-state index in [-0.39, 0.29) is 6.09 Å². The van der Waals surface area contributed by atoms with Crippen molar-refractivity contribution in [3.05, 3.63) is 35.6 Å². The maximum Gasteiger partial charge on any atom is 0.410 e. The number of fused-ring (bicyclic) bond motifs is 2. The van der Waals surface area contributed by atoms with E-state index in [1.165, 1.54) is 11.3 Å². The van der Waals surface area contributed by atoms with Crippen LogP contribution < -0.4 is 5.32 Å². The van der Waals surface area contributed by atoms with Crippen molar-refractivity contribution in [1.29, 1.82) is 0 Å². The van der Waals surface area contributed by atoms with Gasteiger partial charge in [-0.1, -0.05) is 25.2 Å². The maximum absolute atomic E-state index is 12.3. The minimum atomic E-state index is -0.438. The molecule has 1 unspecified atom stereocenters. The van der Waals surface area contributed by atoms with Crippen LogP contribution in [-0.2, 0) is 4.74 Å². The van der Waals surface area contributed by atoms with E-state index < -0.39 is 5.60 Å². The molecule has 1 fully saturated rings. The molecule has 0 bridgehead atoms. The first-order chi connectivity index (χ1) is 10.3. The van der Waals surface area contributed by atoms with E-state index in [0.717, 1.165) is 19.5 Å². The van der Waals surface area contributed by atoms with Crippen molar-refractivity contribution in [2.75, 3.05) is 13.1 Å². The summed E-state index contributed by atoms with van der Waals surface area (Å²) in [6, 6.07) is 0.436. The second-order valence-corrected chi connectivity index (χ2v) is 7.52. The molecule has 0 aromatic rings. The van der Waals surface area contributed by atoms with Crippen molar-refractivity contribution in [2.45, 2.75) is 45.8 Å². The van der Waals surface area contributed by atoms with E-state index in [1.807, 2.05) is 25.7 Å². The molecule has 3 aliphatic rings. The second-order valence-electron chi connectivity index (χ2n) is 7.52. The lowest BCUT2D eigenvalue weighted by Crippen LogP contribution is -2.49. The van der Waals surface area contributed by atoms with Gasteiger partial charge in [0, 0.05) is 30.7 Å². The Bertz CT molecular complexity index is 554. The number of piperidine rings is 1. The minimum absolute atomic E-state index is 0.193. The van der Waals surface area contributed by atoms with Gasteiger partial charge in [0.2, 0.25) is 0 Å². The molecule has 3 atom stereocenters. The Morgan fingerprint density at radius 2 is 2.05 bits per heavy atom. The Labute approximate surface area is 132 Å². The Morgan fingerprint density at radius 1 is 1.32 bits per heavy atom. The Kier molecular flexibility index (Phi) is 3.79. The molecular weight excluding hydrogens is 276 g/mol. The number of likely N-dealkylation sites (tertiary alicyclic amines) is 1. The highest BCUT2D eigenvalue weighted by Crippen LogP contribution is 2.35. The number of nitrogens with zero attached hydrogens (tertiary/aromatic N) is 1. The van der Waals surface area contributed by atoms with Crippen molar-refractivity contribution in [2.24, 2.45) is 11.8 Å². The van der Waals surface area contributed by atoms with Crippen LogP contribution in [0, 0.1) is 11.8 Å². The quantitative estimate of drug-likeness (QED) is 0.747. The number of carbonyl (C=O) groups excluding carboxylic acids is 1. The molecule has 120 valence electrons. The van der Waals surface area contributed by atoms with Crippen LogP contribution in [-0.4, -0.2) is 35.7 Å². The predicted molar refractivity (Wildman–Crippen MR) is 87.3 cm³/mol. The monoisotopic (exact) mass is 302 g/mol. The summed E-state index contributed by atoms with van der Waals surface area (Å²) in [7, 11) is 0. The van der Waals surface area contributed by atoms with Gasteiger partial charge in [0.25, 0.3) is 0 Å². The molecule has 22 heavy (non-hydrogen) atoms. The summed E-state index contributed by atoms with van der Waals surface area (Å²) < 4.78 is 5.52.